The van der Waals surface area contributed by atoms with Crippen LogP contribution in [-0.2, 0) is 9.59 Å². The Hall–Kier alpha value is -2.75. The van der Waals surface area contributed by atoms with Crippen LogP contribution in [0.2, 0.25) is 4.34 Å². The number of carbonyl (C=O) groups excluding carboxylic acids is 4. The van der Waals surface area contributed by atoms with Crippen LogP contribution in [0.3, 0.4) is 0 Å². The predicted molar refractivity (Wildman–Crippen MR) is 142 cm³/mol. The molecule has 2 amide bonds. The van der Waals surface area contributed by atoms with E-state index in [1.807, 2.05) is 37.1 Å². The van der Waals surface area contributed by atoms with E-state index in [9.17, 15) is 19.2 Å². The number of carbonyl (C=O) groups is 4. The summed E-state index contributed by atoms with van der Waals surface area (Å²) >= 11 is 6.86. The maximum absolute atomic E-state index is 12.4. The molecule has 3 rings (SSSR count). The van der Waals surface area contributed by atoms with Gasteiger partial charge in [-0.1, -0.05) is 11.6 Å². The minimum atomic E-state index is -0.840. The highest BCUT2D eigenvalue weighted by atomic mass is 35.5. The molecular weight excluding hydrogens is 488 g/mol. The highest BCUT2D eigenvalue weighted by Crippen LogP contribution is 2.22. The second-order valence-corrected chi connectivity index (χ2v) is 10.2. The molecule has 1 aromatic carbocycles. The number of thiophene rings is 1. The molecule has 8 nitrogen and oxygen atoms in total. The van der Waals surface area contributed by atoms with E-state index < -0.39 is 5.54 Å². The van der Waals surface area contributed by atoms with E-state index in [1.165, 1.54) is 18.4 Å². The molecule has 1 aliphatic rings. The van der Waals surface area contributed by atoms with Crippen molar-refractivity contribution in [1.82, 2.24) is 10.2 Å². The number of hydrogen-bond donors (Lipinski definition) is 3. The number of aryl methyl sites for hydroxylation is 1. The Balaban J connectivity index is 0.000000341. The lowest BCUT2D eigenvalue weighted by Gasteiger charge is -2.30. The van der Waals surface area contributed by atoms with E-state index in [1.54, 1.807) is 26.0 Å². The minimum Gasteiger partial charge on any atom is -0.388 e. The Bertz CT molecular complexity index is 1000. The number of benzene rings is 1. The third-order valence-electron chi connectivity index (χ3n) is 5.29. The first-order valence-corrected chi connectivity index (χ1v) is 12.4. The molecule has 2 heterocycles. The number of anilines is 1. The van der Waals surface area contributed by atoms with Crippen LogP contribution in [0.15, 0.2) is 30.3 Å². The van der Waals surface area contributed by atoms with Gasteiger partial charge in [0.1, 0.15) is 12.6 Å². The largest absolute Gasteiger partial charge is 0.388 e. The van der Waals surface area contributed by atoms with Crippen LogP contribution in [0, 0.1) is 12.8 Å². The van der Waals surface area contributed by atoms with E-state index in [0.29, 0.717) is 28.6 Å². The van der Waals surface area contributed by atoms with E-state index in [0.717, 1.165) is 35.9 Å². The molecule has 0 aliphatic carbocycles. The molecular formula is C25H35ClN4O4S. The molecule has 1 aliphatic heterocycles. The van der Waals surface area contributed by atoms with Gasteiger partial charge in [-0.25, -0.2) is 0 Å². The fourth-order valence-electron chi connectivity index (χ4n) is 3.29. The standard InChI is InChI=1S/C15H20N2O2.C9H10ClNO2S.CH5N/c1-11-9-13(16-2)3-4-14(11)15(19)17-7-5-12(10-18)6-8-17;1-9(2,5-12)11-8(13)6-3-4-7(10)14-6;1-2/h3-4,9-10,12,16H,5-8H2,1-2H3;3-5H,1-2H3,(H,11,13);2H2,1H3. The molecule has 1 aromatic heterocycles. The Morgan fingerprint density at radius 1 is 1.14 bits per heavy atom. The Labute approximate surface area is 216 Å². The van der Waals surface area contributed by atoms with Gasteiger partial charge < -0.3 is 30.9 Å². The number of amides is 2. The number of nitrogens with zero attached hydrogens (tertiary/aromatic N) is 1. The van der Waals surface area contributed by atoms with Gasteiger partial charge in [0.25, 0.3) is 11.8 Å². The third-order valence-corrected chi connectivity index (χ3v) is 6.52. The average molecular weight is 523 g/mol. The maximum atomic E-state index is 12.4. The molecule has 4 N–H and O–H groups in total. The minimum absolute atomic E-state index is 0.0736. The molecule has 1 fully saturated rings. The first-order chi connectivity index (χ1) is 16.6. The van der Waals surface area contributed by atoms with Crippen LogP contribution < -0.4 is 16.4 Å². The average Bonchev–Trinajstić information content (AvgIpc) is 3.31. The molecule has 0 atom stereocenters. The number of halogens is 1. The SMILES string of the molecule is CC(C)(C=O)NC(=O)c1ccc(Cl)s1.CN.CNc1ccc(C(=O)N2CCC(C=O)CC2)c(C)c1. The van der Waals surface area contributed by atoms with Crippen molar-refractivity contribution >= 4 is 53.0 Å². The number of piperidine rings is 1. The van der Waals surface area contributed by atoms with Crippen molar-refractivity contribution in [1.29, 1.82) is 0 Å². The molecule has 192 valence electrons. The van der Waals surface area contributed by atoms with E-state index in [2.05, 4.69) is 16.4 Å². The van der Waals surface area contributed by atoms with Crippen LogP contribution in [0.1, 0.15) is 52.3 Å². The lowest BCUT2D eigenvalue weighted by molar-refractivity contribution is -0.112. The van der Waals surface area contributed by atoms with Crippen LogP contribution in [0.4, 0.5) is 5.69 Å². The summed E-state index contributed by atoms with van der Waals surface area (Å²) in [5.74, 6) is -0.0830. The van der Waals surface area contributed by atoms with Crippen LogP contribution in [0.25, 0.3) is 0 Å². The summed E-state index contributed by atoms with van der Waals surface area (Å²) in [6.45, 7) is 6.57. The Morgan fingerprint density at radius 3 is 2.23 bits per heavy atom. The van der Waals surface area contributed by atoms with Gasteiger partial charge in [0, 0.05) is 37.3 Å². The van der Waals surface area contributed by atoms with Gasteiger partial charge >= 0.3 is 0 Å². The highest BCUT2D eigenvalue weighted by molar-refractivity contribution is 7.18. The van der Waals surface area contributed by atoms with Crippen molar-refractivity contribution in [2.75, 3.05) is 32.5 Å². The fraction of sp³-hybridized carbons (Fsp3) is 0.440. The Kier molecular flexibility index (Phi) is 12.6. The number of hydrogen-bond acceptors (Lipinski definition) is 7. The second kappa shape index (κ2) is 14.6. The maximum Gasteiger partial charge on any atom is 0.262 e. The molecule has 0 bridgehead atoms. The van der Waals surface area contributed by atoms with Crippen molar-refractivity contribution in [2.45, 2.75) is 39.2 Å². The van der Waals surface area contributed by atoms with Gasteiger partial charge in [0.05, 0.1) is 14.8 Å². The first kappa shape index (κ1) is 30.3. The first-order valence-electron chi connectivity index (χ1n) is 11.2. The zero-order chi connectivity index (χ0) is 26.6. The number of nitrogens with two attached hydrogens (primary N) is 1. The number of likely N-dealkylation sites (tertiary alicyclic amines) is 1. The quantitative estimate of drug-likeness (QED) is 0.496. The molecule has 0 spiro atoms. The molecule has 0 radical (unpaired) electrons. The lowest BCUT2D eigenvalue weighted by atomic mass is 9.97. The van der Waals surface area contributed by atoms with Crippen molar-refractivity contribution in [2.24, 2.45) is 11.7 Å². The smallest absolute Gasteiger partial charge is 0.262 e. The van der Waals surface area contributed by atoms with Gasteiger partial charge in [-0.2, -0.15) is 0 Å². The molecule has 35 heavy (non-hydrogen) atoms. The van der Waals surface area contributed by atoms with Crippen molar-refractivity contribution in [3.8, 4) is 0 Å². The van der Waals surface area contributed by atoms with Gasteiger partial charge in [0.15, 0.2) is 0 Å². The van der Waals surface area contributed by atoms with Gasteiger partial charge in [0.2, 0.25) is 0 Å². The summed E-state index contributed by atoms with van der Waals surface area (Å²) in [4.78, 5) is 47.6. The van der Waals surface area contributed by atoms with Gasteiger partial charge in [-0.3, -0.25) is 9.59 Å². The third kappa shape index (κ3) is 9.43. The van der Waals surface area contributed by atoms with Crippen LogP contribution in [-0.4, -0.2) is 62.0 Å². The predicted octanol–water partition coefficient (Wildman–Crippen LogP) is 3.77. The van der Waals surface area contributed by atoms with Gasteiger partial charge in [-0.15, -0.1) is 11.3 Å². The fourth-order valence-corrected chi connectivity index (χ4v) is 4.23. The summed E-state index contributed by atoms with van der Waals surface area (Å²) in [7, 11) is 3.36. The van der Waals surface area contributed by atoms with E-state index in [4.69, 9.17) is 11.6 Å². The van der Waals surface area contributed by atoms with Crippen molar-refractivity contribution in [3.05, 3.63) is 50.7 Å². The second-order valence-electron chi connectivity index (χ2n) is 8.44. The summed E-state index contributed by atoms with van der Waals surface area (Å²) < 4.78 is 0.555. The van der Waals surface area contributed by atoms with Gasteiger partial charge in [-0.05, 0) is 76.6 Å². The normalized spacial score (nSPS) is 13.4. The molecule has 0 saturated carbocycles. The van der Waals surface area contributed by atoms with Crippen LogP contribution in [0.5, 0.6) is 0 Å². The van der Waals surface area contributed by atoms with E-state index in [-0.39, 0.29) is 17.7 Å². The summed E-state index contributed by atoms with van der Waals surface area (Å²) in [5.41, 5.74) is 6.40. The molecule has 0 unspecified atom stereocenters. The van der Waals surface area contributed by atoms with Crippen molar-refractivity contribution in [3.63, 3.8) is 0 Å². The molecule has 1 saturated heterocycles. The zero-order valence-corrected chi connectivity index (χ0v) is 22.5. The number of rotatable bonds is 6. The lowest BCUT2D eigenvalue weighted by Crippen LogP contribution is -2.44. The van der Waals surface area contributed by atoms with Crippen molar-refractivity contribution < 1.29 is 19.2 Å². The van der Waals surface area contributed by atoms with Crippen LogP contribution >= 0.6 is 22.9 Å². The summed E-state index contributed by atoms with van der Waals surface area (Å²) in [5, 5.41) is 5.64. The topological polar surface area (TPSA) is 122 Å². The number of nitrogens with one attached hydrogen (secondary N) is 2. The molecule has 10 heteroatoms. The summed E-state index contributed by atoms with van der Waals surface area (Å²) in [6.07, 6.45) is 3.26. The highest BCUT2D eigenvalue weighted by Gasteiger charge is 2.24. The number of aldehydes is 2. The monoisotopic (exact) mass is 522 g/mol. The Morgan fingerprint density at radius 2 is 1.77 bits per heavy atom. The zero-order valence-electron chi connectivity index (χ0n) is 20.9. The van der Waals surface area contributed by atoms with E-state index >= 15 is 0 Å². The molecule has 2 aromatic rings. The summed E-state index contributed by atoms with van der Waals surface area (Å²) in [6, 6.07) is 9.04.